The van der Waals surface area contributed by atoms with Crippen molar-refractivity contribution in [3.63, 3.8) is 0 Å². The Labute approximate surface area is 200 Å². The van der Waals surface area contributed by atoms with E-state index in [9.17, 15) is 20.1 Å². The molecular formula is C26H8N6O4. The molecule has 0 atom stereocenters. The average Bonchev–Trinajstić information content (AvgIpc) is 2.91. The predicted octanol–water partition coefficient (Wildman–Crippen LogP) is 3.51. The number of rotatable bonds is 2. The number of benzene rings is 3. The van der Waals surface area contributed by atoms with Crippen molar-refractivity contribution in [3.05, 3.63) is 91.6 Å². The minimum atomic E-state index is -0.715. The van der Waals surface area contributed by atoms with Crippen molar-refractivity contribution in [2.24, 2.45) is 0 Å². The minimum Gasteiger partial charge on any atom is -0.403 e. The molecule has 0 amide bonds. The van der Waals surface area contributed by atoms with Gasteiger partial charge in [0, 0.05) is 11.1 Å². The van der Waals surface area contributed by atoms with Gasteiger partial charge < -0.3 is 8.83 Å². The first kappa shape index (κ1) is 21.7. The molecule has 0 radical (unpaired) electrons. The fraction of sp³-hybridized carbons (Fsp3) is 0. The molecule has 36 heavy (non-hydrogen) atoms. The summed E-state index contributed by atoms with van der Waals surface area (Å²) in [6, 6.07) is 19.1. The number of nitrogens with zero attached hydrogens (tertiary/aromatic N) is 6. The van der Waals surface area contributed by atoms with Crippen molar-refractivity contribution in [3.8, 4) is 47.2 Å². The van der Waals surface area contributed by atoms with Crippen molar-refractivity contribution in [1.82, 2.24) is 9.97 Å². The lowest BCUT2D eigenvalue weighted by atomic mass is 10.1. The van der Waals surface area contributed by atoms with Gasteiger partial charge in [0.25, 0.3) is 0 Å². The second kappa shape index (κ2) is 8.35. The Bertz CT molecular complexity index is 1880. The van der Waals surface area contributed by atoms with Crippen molar-refractivity contribution >= 4 is 21.8 Å². The quantitative estimate of drug-likeness (QED) is 0.371. The van der Waals surface area contributed by atoms with Gasteiger partial charge in [-0.1, -0.05) is 0 Å². The number of hydrogen-bond donors (Lipinski definition) is 0. The van der Waals surface area contributed by atoms with Crippen LogP contribution in [0.15, 0.2) is 67.0 Å². The molecule has 0 N–H and O–H groups in total. The molecule has 5 aromatic rings. The molecule has 0 bridgehead atoms. The maximum atomic E-state index is 12.5. The van der Waals surface area contributed by atoms with Gasteiger partial charge in [0.1, 0.15) is 24.3 Å². The number of aromatic nitrogens is 2. The van der Waals surface area contributed by atoms with E-state index in [-0.39, 0.29) is 55.8 Å². The number of nitriles is 4. The number of hydrogen-bond acceptors (Lipinski definition) is 10. The van der Waals surface area contributed by atoms with Crippen LogP contribution in [0.2, 0.25) is 0 Å². The molecule has 0 saturated carbocycles. The average molecular weight is 468 g/mol. The van der Waals surface area contributed by atoms with E-state index < -0.39 is 11.3 Å². The fourth-order valence-corrected chi connectivity index (χ4v) is 3.61. The summed E-state index contributed by atoms with van der Waals surface area (Å²) in [5, 5.41) is 37.0. The molecule has 0 spiro atoms. The monoisotopic (exact) mass is 468 g/mol. The van der Waals surface area contributed by atoms with E-state index in [2.05, 4.69) is 9.97 Å². The summed E-state index contributed by atoms with van der Waals surface area (Å²) in [6.45, 7) is 0. The third kappa shape index (κ3) is 3.50. The maximum Gasteiger partial charge on any atom is 0.347 e. The maximum absolute atomic E-state index is 12.5. The first-order valence-electron chi connectivity index (χ1n) is 10.1. The van der Waals surface area contributed by atoms with E-state index in [1.54, 1.807) is 24.3 Å². The molecule has 3 aromatic carbocycles. The smallest absolute Gasteiger partial charge is 0.347 e. The molecule has 0 aliphatic carbocycles. The lowest BCUT2D eigenvalue weighted by molar-refractivity contribution is 0.516. The second-order valence-electron chi connectivity index (χ2n) is 7.47. The van der Waals surface area contributed by atoms with Crippen LogP contribution in [0.4, 0.5) is 0 Å². The third-order valence-corrected chi connectivity index (χ3v) is 5.39. The van der Waals surface area contributed by atoms with Gasteiger partial charge in [-0.2, -0.15) is 21.0 Å². The predicted molar refractivity (Wildman–Crippen MR) is 124 cm³/mol. The Hall–Kier alpha value is -6.10. The molecule has 0 aliphatic heterocycles. The van der Waals surface area contributed by atoms with Gasteiger partial charge in [-0.15, -0.1) is 0 Å². The largest absolute Gasteiger partial charge is 0.403 e. The van der Waals surface area contributed by atoms with Crippen LogP contribution in [-0.2, 0) is 0 Å². The van der Waals surface area contributed by atoms with Crippen molar-refractivity contribution in [2.75, 3.05) is 0 Å². The van der Waals surface area contributed by atoms with Crippen LogP contribution in [0, 0.1) is 45.3 Å². The minimum absolute atomic E-state index is 0.0109. The van der Waals surface area contributed by atoms with Gasteiger partial charge in [0.2, 0.25) is 11.8 Å². The highest BCUT2D eigenvalue weighted by atomic mass is 16.4. The Kier molecular flexibility index (Phi) is 5.04. The van der Waals surface area contributed by atoms with Crippen molar-refractivity contribution in [1.29, 1.82) is 21.0 Å². The zero-order valence-electron chi connectivity index (χ0n) is 17.9. The van der Waals surface area contributed by atoms with Crippen LogP contribution in [0.25, 0.3) is 44.7 Å². The Morgan fingerprint density at radius 3 is 1.22 bits per heavy atom. The van der Waals surface area contributed by atoms with E-state index in [1.807, 2.05) is 24.3 Å². The van der Waals surface area contributed by atoms with E-state index >= 15 is 0 Å². The topological polar surface area (TPSA) is 181 Å². The third-order valence-electron chi connectivity index (χ3n) is 5.39. The van der Waals surface area contributed by atoms with Crippen molar-refractivity contribution in [2.45, 2.75) is 0 Å². The summed E-state index contributed by atoms with van der Waals surface area (Å²) in [6.07, 6.45) is 0. The molecule has 10 heteroatoms. The van der Waals surface area contributed by atoms with E-state index in [4.69, 9.17) is 19.4 Å². The first-order valence-corrected chi connectivity index (χ1v) is 10.1. The standard InChI is InChI=1S/C26H8N6O4/c27-9-15-5-19-21(7-17(15)11-29)31-23(35-25(19)33)13-1-2-14(4-3-13)24-32-22-8-18(12-30)16(10-28)6-20(22)26(34)36-24/h1-8H. The second-order valence-corrected chi connectivity index (χ2v) is 7.47. The first-order chi connectivity index (χ1) is 17.4. The summed E-state index contributed by atoms with van der Waals surface area (Å²) >= 11 is 0. The van der Waals surface area contributed by atoms with Gasteiger partial charge in [-0.3, -0.25) is 0 Å². The molecule has 166 valence electrons. The Balaban J connectivity index is 1.58. The Morgan fingerprint density at radius 2 is 0.889 bits per heavy atom. The molecule has 2 aromatic heterocycles. The van der Waals surface area contributed by atoms with E-state index in [0.717, 1.165) is 0 Å². The van der Waals surface area contributed by atoms with Crippen LogP contribution in [0.3, 0.4) is 0 Å². The molecular weight excluding hydrogens is 460 g/mol. The van der Waals surface area contributed by atoms with E-state index in [0.29, 0.717) is 11.1 Å². The Morgan fingerprint density at radius 1 is 0.556 bits per heavy atom. The number of fused-ring (bicyclic) bond motifs is 2. The van der Waals surface area contributed by atoms with Gasteiger partial charge in [0.05, 0.1) is 44.1 Å². The van der Waals surface area contributed by atoms with Crippen LogP contribution in [0.5, 0.6) is 0 Å². The molecule has 5 rings (SSSR count). The highest BCUT2D eigenvalue weighted by Crippen LogP contribution is 2.25. The SMILES string of the molecule is N#Cc1cc2nc(-c3ccc(-c4nc5cc(C#N)c(C#N)cc5c(=O)o4)cc3)oc(=O)c2cc1C#N. The van der Waals surface area contributed by atoms with Crippen LogP contribution >= 0.6 is 0 Å². The fourth-order valence-electron chi connectivity index (χ4n) is 3.61. The molecule has 10 nitrogen and oxygen atoms in total. The van der Waals surface area contributed by atoms with Gasteiger partial charge in [0.15, 0.2) is 0 Å². The summed E-state index contributed by atoms with van der Waals surface area (Å²) in [7, 11) is 0. The molecule has 0 fully saturated rings. The highest BCUT2D eigenvalue weighted by Gasteiger charge is 2.15. The van der Waals surface area contributed by atoms with Crippen LogP contribution in [0.1, 0.15) is 22.3 Å². The summed E-state index contributed by atoms with van der Waals surface area (Å²) in [5.74, 6) is -0.0217. The summed E-state index contributed by atoms with van der Waals surface area (Å²) in [5.41, 5.74) is 0.0910. The molecule has 2 heterocycles. The van der Waals surface area contributed by atoms with Crippen LogP contribution < -0.4 is 11.3 Å². The lowest BCUT2D eigenvalue weighted by Crippen LogP contribution is -2.05. The molecule has 0 unspecified atom stereocenters. The summed E-state index contributed by atoms with van der Waals surface area (Å²) < 4.78 is 10.6. The normalized spacial score (nSPS) is 10.3. The molecule has 0 aliphatic rings. The summed E-state index contributed by atoms with van der Waals surface area (Å²) in [4.78, 5) is 33.6. The van der Waals surface area contributed by atoms with Crippen molar-refractivity contribution < 1.29 is 8.83 Å². The highest BCUT2D eigenvalue weighted by molar-refractivity contribution is 5.83. The lowest BCUT2D eigenvalue weighted by Gasteiger charge is -2.05. The zero-order chi connectivity index (χ0) is 25.4. The van der Waals surface area contributed by atoms with Gasteiger partial charge >= 0.3 is 11.3 Å². The van der Waals surface area contributed by atoms with Crippen LogP contribution in [-0.4, -0.2) is 9.97 Å². The van der Waals surface area contributed by atoms with Gasteiger partial charge in [-0.05, 0) is 48.5 Å². The van der Waals surface area contributed by atoms with Gasteiger partial charge in [-0.25, -0.2) is 19.6 Å². The molecule has 0 saturated heterocycles. The van der Waals surface area contributed by atoms with E-state index in [1.165, 1.54) is 24.3 Å². The zero-order valence-corrected chi connectivity index (χ0v) is 17.9.